The second-order valence-electron chi connectivity index (χ2n) is 4.80. The van der Waals surface area contributed by atoms with Crippen LogP contribution in [0.25, 0.3) is 0 Å². The molecule has 2 N–H and O–H groups in total. The van der Waals surface area contributed by atoms with Gasteiger partial charge in [0.05, 0.1) is 24.4 Å². The third-order valence-electron chi connectivity index (χ3n) is 3.49. The van der Waals surface area contributed by atoms with Gasteiger partial charge in [0.15, 0.2) is 0 Å². The molecule has 2 rings (SSSR count). The standard InChI is InChI=1S/C10H18O3/c1-8-4-9(6-11)2-3-10(5-8,7-12)13-9/h8,11-12H,2-7H2,1H3. The highest BCUT2D eigenvalue weighted by molar-refractivity contribution is 5.02. The normalized spacial score (nSPS) is 49.6. The predicted octanol–water partition coefficient (Wildman–Crippen LogP) is 0.689. The molecule has 2 bridgehead atoms. The van der Waals surface area contributed by atoms with Crippen LogP contribution in [0.2, 0.25) is 0 Å². The Kier molecular flexibility index (Phi) is 2.13. The van der Waals surface area contributed by atoms with Crippen molar-refractivity contribution in [3.05, 3.63) is 0 Å². The molecule has 0 aliphatic carbocycles. The maximum Gasteiger partial charge on any atom is 0.0924 e. The van der Waals surface area contributed by atoms with E-state index >= 15 is 0 Å². The highest BCUT2D eigenvalue weighted by Crippen LogP contribution is 2.49. The number of hydrogen-bond donors (Lipinski definition) is 2. The van der Waals surface area contributed by atoms with E-state index in [4.69, 9.17) is 4.74 Å². The monoisotopic (exact) mass is 186 g/mol. The molecule has 0 spiro atoms. The molecular weight excluding hydrogens is 168 g/mol. The quantitative estimate of drug-likeness (QED) is 0.667. The third-order valence-corrected chi connectivity index (χ3v) is 3.49. The van der Waals surface area contributed by atoms with E-state index in [1.807, 2.05) is 0 Å². The van der Waals surface area contributed by atoms with E-state index in [9.17, 15) is 10.2 Å². The van der Waals surface area contributed by atoms with Crippen molar-refractivity contribution in [2.75, 3.05) is 13.2 Å². The third kappa shape index (κ3) is 1.39. The van der Waals surface area contributed by atoms with Crippen molar-refractivity contribution in [2.45, 2.75) is 43.8 Å². The van der Waals surface area contributed by atoms with Crippen LogP contribution >= 0.6 is 0 Å². The summed E-state index contributed by atoms with van der Waals surface area (Å²) < 4.78 is 5.84. The largest absolute Gasteiger partial charge is 0.393 e. The Morgan fingerprint density at radius 1 is 1.15 bits per heavy atom. The predicted molar refractivity (Wildman–Crippen MR) is 48.4 cm³/mol. The second-order valence-corrected chi connectivity index (χ2v) is 4.80. The summed E-state index contributed by atoms with van der Waals surface area (Å²) >= 11 is 0. The van der Waals surface area contributed by atoms with Crippen molar-refractivity contribution in [1.29, 1.82) is 0 Å². The summed E-state index contributed by atoms with van der Waals surface area (Å²) in [4.78, 5) is 0. The molecule has 2 aliphatic rings. The zero-order chi connectivity index (χ0) is 9.53. The molecule has 2 heterocycles. The Morgan fingerprint density at radius 3 is 2.00 bits per heavy atom. The van der Waals surface area contributed by atoms with E-state index in [1.54, 1.807) is 0 Å². The van der Waals surface area contributed by atoms with Crippen LogP contribution in [-0.4, -0.2) is 34.6 Å². The van der Waals surface area contributed by atoms with Crippen molar-refractivity contribution in [2.24, 2.45) is 5.92 Å². The van der Waals surface area contributed by atoms with Crippen molar-refractivity contribution >= 4 is 0 Å². The molecular formula is C10H18O3. The molecule has 2 fully saturated rings. The summed E-state index contributed by atoms with van der Waals surface area (Å²) in [5, 5.41) is 18.6. The Morgan fingerprint density at radius 2 is 1.62 bits per heavy atom. The average molecular weight is 186 g/mol. The maximum absolute atomic E-state index is 9.29. The van der Waals surface area contributed by atoms with Gasteiger partial charge in [-0.3, -0.25) is 0 Å². The first-order valence-corrected chi connectivity index (χ1v) is 5.06. The zero-order valence-electron chi connectivity index (χ0n) is 8.12. The van der Waals surface area contributed by atoms with Gasteiger partial charge in [-0.25, -0.2) is 0 Å². The lowest BCUT2D eigenvalue weighted by molar-refractivity contribution is -0.184. The van der Waals surface area contributed by atoms with Crippen molar-refractivity contribution in [3.8, 4) is 0 Å². The molecule has 3 nitrogen and oxygen atoms in total. The second kappa shape index (κ2) is 2.94. The first kappa shape index (κ1) is 9.44. The number of aliphatic hydroxyl groups excluding tert-OH is 2. The fraction of sp³-hybridized carbons (Fsp3) is 1.00. The molecule has 76 valence electrons. The van der Waals surface area contributed by atoms with Crippen molar-refractivity contribution in [1.82, 2.24) is 0 Å². The van der Waals surface area contributed by atoms with Gasteiger partial charge in [0, 0.05) is 0 Å². The van der Waals surface area contributed by atoms with E-state index in [-0.39, 0.29) is 24.4 Å². The maximum atomic E-state index is 9.29. The Bertz CT molecular complexity index is 186. The molecule has 0 amide bonds. The summed E-state index contributed by atoms with van der Waals surface area (Å²) in [7, 11) is 0. The van der Waals surface area contributed by atoms with E-state index < -0.39 is 0 Å². The highest BCUT2D eigenvalue weighted by atomic mass is 16.6. The molecule has 2 aliphatic heterocycles. The molecule has 0 aromatic heterocycles. The van der Waals surface area contributed by atoms with Crippen LogP contribution in [0.1, 0.15) is 32.6 Å². The van der Waals surface area contributed by atoms with Gasteiger partial charge in [0.25, 0.3) is 0 Å². The van der Waals surface area contributed by atoms with Gasteiger partial charge >= 0.3 is 0 Å². The molecule has 2 saturated heterocycles. The number of ether oxygens (including phenoxy) is 1. The molecule has 0 aromatic rings. The van der Waals surface area contributed by atoms with E-state index in [0.29, 0.717) is 5.92 Å². The smallest absolute Gasteiger partial charge is 0.0924 e. The molecule has 2 atom stereocenters. The van der Waals surface area contributed by atoms with Crippen LogP contribution in [0.3, 0.4) is 0 Å². The minimum absolute atomic E-state index is 0.0963. The lowest BCUT2D eigenvalue weighted by atomic mass is 9.85. The summed E-state index contributed by atoms with van der Waals surface area (Å²) in [5.74, 6) is 0.551. The molecule has 0 radical (unpaired) electrons. The molecule has 0 saturated carbocycles. The Balaban J connectivity index is 2.20. The molecule has 3 heteroatoms. The first-order chi connectivity index (χ1) is 6.14. The van der Waals surface area contributed by atoms with E-state index in [1.165, 1.54) is 0 Å². The Hall–Kier alpha value is -0.120. The van der Waals surface area contributed by atoms with Gasteiger partial charge in [0.1, 0.15) is 0 Å². The topological polar surface area (TPSA) is 49.7 Å². The molecule has 2 unspecified atom stereocenters. The fourth-order valence-corrected chi connectivity index (χ4v) is 3.00. The van der Waals surface area contributed by atoms with Crippen molar-refractivity contribution in [3.63, 3.8) is 0 Å². The average Bonchev–Trinajstić information content (AvgIpc) is 2.41. The number of hydrogen-bond acceptors (Lipinski definition) is 3. The van der Waals surface area contributed by atoms with Gasteiger partial charge in [-0.1, -0.05) is 6.92 Å². The van der Waals surface area contributed by atoms with Crippen LogP contribution < -0.4 is 0 Å². The van der Waals surface area contributed by atoms with Crippen LogP contribution in [0.5, 0.6) is 0 Å². The fourth-order valence-electron chi connectivity index (χ4n) is 3.00. The number of aliphatic hydroxyl groups is 2. The molecule has 0 aromatic carbocycles. The van der Waals surface area contributed by atoms with Gasteiger partial charge in [-0.2, -0.15) is 0 Å². The van der Waals surface area contributed by atoms with Gasteiger partial charge in [-0.15, -0.1) is 0 Å². The minimum Gasteiger partial charge on any atom is -0.393 e. The van der Waals surface area contributed by atoms with Gasteiger partial charge in [0.2, 0.25) is 0 Å². The number of fused-ring (bicyclic) bond motifs is 2. The summed E-state index contributed by atoms with van der Waals surface area (Å²) in [6.45, 7) is 2.36. The van der Waals surface area contributed by atoms with Crippen molar-refractivity contribution < 1.29 is 14.9 Å². The number of rotatable bonds is 2. The van der Waals surface area contributed by atoms with E-state index in [2.05, 4.69) is 6.92 Å². The molecule has 13 heavy (non-hydrogen) atoms. The van der Waals surface area contributed by atoms with Crippen LogP contribution in [-0.2, 0) is 4.74 Å². The van der Waals surface area contributed by atoms with E-state index in [0.717, 1.165) is 25.7 Å². The summed E-state index contributed by atoms with van der Waals surface area (Å²) in [5.41, 5.74) is -0.666. The van der Waals surface area contributed by atoms with Crippen LogP contribution in [0, 0.1) is 5.92 Å². The zero-order valence-corrected chi connectivity index (χ0v) is 8.12. The van der Waals surface area contributed by atoms with Gasteiger partial charge < -0.3 is 14.9 Å². The SMILES string of the molecule is CC1CC2(CO)CCC(CO)(C1)O2. The Labute approximate surface area is 78.7 Å². The van der Waals surface area contributed by atoms with Crippen LogP contribution in [0.4, 0.5) is 0 Å². The summed E-state index contributed by atoms with van der Waals surface area (Å²) in [6.07, 6.45) is 3.67. The lowest BCUT2D eigenvalue weighted by Gasteiger charge is -2.41. The van der Waals surface area contributed by atoms with Crippen LogP contribution in [0.15, 0.2) is 0 Å². The lowest BCUT2D eigenvalue weighted by Crippen LogP contribution is -2.47. The summed E-state index contributed by atoms with van der Waals surface area (Å²) in [6, 6.07) is 0. The first-order valence-electron chi connectivity index (χ1n) is 5.06. The van der Waals surface area contributed by atoms with Gasteiger partial charge in [-0.05, 0) is 31.6 Å². The minimum atomic E-state index is -0.333. The highest BCUT2D eigenvalue weighted by Gasteiger charge is 2.53.